The van der Waals surface area contributed by atoms with Crippen molar-refractivity contribution >= 4 is 29.6 Å². The maximum absolute atomic E-state index is 13.2. The lowest BCUT2D eigenvalue weighted by Crippen LogP contribution is -2.54. The third-order valence-electron chi connectivity index (χ3n) is 5.13. The molecular weight excluding hydrogens is 397 g/mol. The molecule has 31 heavy (non-hydrogen) atoms. The molecule has 156 valence electrons. The molecule has 3 aromatic rings. The fraction of sp³-hybridized carbons (Fsp3) is 0.125. The van der Waals surface area contributed by atoms with Crippen LogP contribution in [0.1, 0.15) is 23.7 Å². The zero-order valence-corrected chi connectivity index (χ0v) is 16.8. The second kappa shape index (κ2) is 8.39. The summed E-state index contributed by atoms with van der Waals surface area (Å²) in [5.74, 6) is -1.75. The topological polar surface area (TPSA) is 71.4 Å². The van der Waals surface area contributed by atoms with Crippen LogP contribution in [0, 0.1) is 5.82 Å². The average Bonchev–Trinajstić information content (AvgIpc) is 3.19. The van der Waals surface area contributed by atoms with E-state index in [1.165, 1.54) is 18.2 Å². The molecule has 7 heteroatoms. The van der Waals surface area contributed by atoms with Crippen LogP contribution in [0.5, 0.6) is 0 Å². The number of aromatic nitrogens is 1. The van der Waals surface area contributed by atoms with Crippen LogP contribution in [0.3, 0.4) is 0 Å². The third-order valence-corrected chi connectivity index (χ3v) is 5.13. The molecule has 2 aromatic carbocycles. The first-order chi connectivity index (χ1) is 15.0. The molecule has 1 saturated heterocycles. The SMILES string of the molecule is CCc1ccc(N2C(=O)NC(=O)/C(=C\c3cccn3Cc3ccc(F)cc3)C2=O)cc1. The van der Waals surface area contributed by atoms with E-state index in [9.17, 15) is 18.8 Å². The Balaban J connectivity index is 1.64. The fourth-order valence-corrected chi connectivity index (χ4v) is 3.41. The number of barbiturate groups is 1. The Bertz CT molecular complexity index is 1180. The highest BCUT2D eigenvalue weighted by Crippen LogP contribution is 2.23. The first-order valence-electron chi connectivity index (χ1n) is 9.86. The van der Waals surface area contributed by atoms with Crippen molar-refractivity contribution in [2.75, 3.05) is 4.90 Å². The molecule has 4 rings (SSSR count). The second-order valence-corrected chi connectivity index (χ2v) is 7.17. The summed E-state index contributed by atoms with van der Waals surface area (Å²) < 4.78 is 15.0. The largest absolute Gasteiger partial charge is 0.344 e. The van der Waals surface area contributed by atoms with Crippen molar-refractivity contribution in [1.82, 2.24) is 9.88 Å². The summed E-state index contributed by atoms with van der Waals surface area (Å²) in [5, 5.41) is 2.23. The van der Waals surface area contributed by atoms with E-state index in [4.69, 9.17) is 0 Å². The van der Waals surface area contributed by atoms with Crippen molar-refractivity contribution in [2.45, 2.75) is 19.9 Å². The van der Waals surface area contributed by atoms with Crippen molar-refractivity contribution in [3.8, 4) is 0 Å². The van der Waals surface area contributed by atoms with Crippen LogP contribution < -0.4 is 10.2 Å². The maximum Gasteiger partial charge on any atom is 0.335 e. The molecule has 1 N–H and O–H groups in total. The van der Waals surface area contributed by atoms with E-state index < -0.39 is 17.8 Å². The first-order valence-corrected chi connectivity index (χ1v) is 9.86. The van der Waals surface area contributed by atoms with Crippen LogP contribution >= 0.6 is 0 Å². The van der Waals surface area contributed by atoms with Crippen molar-refractivity contribution in [2.24, 2.45) is 0 Å². The van der Waals surface area contributed by atoms with Gasteiger partial charge in [-0.15, -0.1) is 0 Å². The summed E-state index contributed by atoms with van der Waals surface area (Å²) in [4.78, 5) is 38.8. The number of nitrogens with one attached hydrogen (secondary N) is 1. The van der Waals surface area contributed by atoms with E-state index >= 15 is 0 Å². The minimum atomic E-state index is -0.780. The Morgan fingerprint density at radius 1 is 0.935 bits per heavy atom. The quantitative estimate of drug-likeness (QED) is 0.506. The molecule has 0 radical (unpaired) electrons. The molecule has 1 aliphatic heterocycles. The van der Waals surface area contributed by atoms with Gasteiger partial charge in [0.05, 0.1) is 5.69 Å². The number of carbonyl (C=O) groups excluding carboxylic acids is 3. The molecule has 1 aromatic heterocycles. The number of hydrogen-bond acceptors (Lipinski definition) is 3. The van der Waals surface area contributed by atoms with Gasteiger partial charge in [0, 0.05) is 18.4 Å². The van der Waals surface area contributed by atoms with Crippen LogP contribution in [0.4, 0.5) is 14.9 Å². The molecule has 2 heterocycles. The molecule has 6 nitrogen and oxygen atoms in total. The van der Waals surface area contributed by atoms with Crippen molar-refractivity contribution in [3.63, 3.8) is 0 Å². The van der Waals surface area contributed by atoms with Gasteiger partial charge in [-0.05, 0) is 60.0 Å². The molecule has 1 aliphatic rings. The van der Waals surface area contributed by atoms with Crippen molar-refractivity contribution in [1.29, 1.82) is 0 Å². The van der Waals surface area contributed by atoms with Crippen LogP contribution in [-0.2, 0) is 22.6 Å². The van der Waals surface area contributed by atoms with Crippen LogP contribution in [0.25, 0.3) is 6.08 Å². The molecule has 1 fully saturated rings. The van der Waals surface area contributed by atoms with Crippen molar-refractivity contribution in [3.05, 3.63) is 95.1 Å². The summed E-state index contributed by atoms with van der Waals surface area (Å²) in [6, 6.07) is 15.9. The van der Waals surface area contributed by atoms with Gasteiger partial charge in [0.15, 0.2) is 0 Å². The highest BCUT2D eigenvalue weighted by Gasteiger charge is 2.36. The van der Waals surface area contributed by atoms with Gasteiger partial charge in [-0.2, -0.15) is 0 Å². The van der Waals surface area contributed by atoms with Gasteiger partial charge in [0.1, 0.15) is 11.4 Å². The normalized spacial score (nSPS) is 15.5. The zero-order chi connectivity index (χ0) is 22.0. The summed E-state index contributed by atoms with van der Waals surface area (Å²) in [7, 11) is 0. The van der Waals surface area contributed by atoms with Crippen LogP contribution in [0.2, 0.25) is 0 Å². The van der Waals surface area contributed by atoms with Gasteiger partial charge in [0.25, 0.3) is 11.8 Å². The van der Waals surface area contributed by atoms with E-state index in [-0.39, 0.29) is 11.4 Å². The summed E-state index contributed by atoms with van der Waals surface area (Å²) in [5.41, 5.74) is 2.79. The molecule has 0 unspecified atom stereocenters. The number of carbonyl (C=O) groups is 3. The van der Waals surface area contributed by atoms with E-state index in [1.807, 2.05) is 23.6 Å². The molecule has 0 aliphatic carbocycles. The van der Waals surface area contributed by atoms with Gasteiger partial charge < -0.3 is 4.57 Å². The molecule has 0 spiro atoms. The van der Waals surface area contributed by atoms with Crippen LogP contribution in [-0.4, -0.2) is 22.4 Å². The number of halogens is 1. The number of hydrogen-bond donors (Lipinski definition) is 1. The fourth-order valence-electron chi connectivity index (χ4n) is 3.41. The van der Waals surface area contributed by atoms with Crippen LogP contribution in [0.15, 0.2) is 72.4 Å². The van der Waals surface area contributed by atoms with Gasteiger partial charge in [0.2, 0.25) is 0 Å². The first kappa shape index (κ1) is 20.3. The lowest BCUT2D eigenvalue weighted by molar-refractivity contribution is -0.122. The Hall–Kier alpha value is -4.00. The van der Waals surface area contributed by atoms with Gasteiger partial charge in [-0.3, -0.25) is 14.9 Å². The smallest absolute Gasteiger partial charge is 0.335 e. The number of benzene rings is 2. The van der Waals surface area contributed by atoms with E-state index in [0.29, 0.717) is 17.9 Å². The number of amides is 4. The predicted octanol–water partition coefficient (Wildman–Crippen LogP) is 3.90. The zero-order valence-electron chi connectivity index (χ0n) is 16.8. The molecule has 4 amide bonds. The van der Waals surface area contributed by atoms with Gasteiger partial charge in [-0.25, -0.2) is 14.1 Å². The molecule has 0 saturated carbocycles. The molecule has 0 bridgehead atoms. The molecule has 0 atom stereocenters. The van der Waals surface area contributed by atoms with Crippen molar-refractivity contribution < 1.29 is 18.8 Å². The maximum atomic E-state index is 13.2. The Morgan fingerprint density at radius 3 is 2.29 bits per heavy atom. The summed E-state index contributed by atoms with van der Waals surface area (Å²) in [6.07, 6.45) is 4.09. The summed E-state index contributed by atoms with van der Waals surface area (Å²) >= 11 is 0. The minimum Gasteiger partial charge on any atom is -0.344 e. The minimum absolute atomic E-state index is 0.141. The Morgan fingerprint density at radius 2 is 1.61 bits per heavy atom. The van der Waals surface area contributed by atoms with E-state index in [1.54, 1.807) is 42.6 Å². The standard InChI is InChI=1S/C24H20FN3O3/c1-2-16-7-11-19(12-8-16)28-23(30)21(22(29)26-24(28)31)14-20-4-3-13-27(20)15-17-5-9-18(25)10-6-17/h3-14H,2,15H2,1H3,(H,26,29,31)/b21-14+. The number of aryl methyl sites for hydroxylation is 1. The lowest BCUT2D eigenvalue weighted by Gasteiger charge is -2.26. The van der Waals surface area contributed by atoms with Gasteiger partial charge in [-0.1, -0.05) is 31.2 Å². The summed E-state index contributed by atoms with van der Waals surface area (Å²) in [6.45, 7) is 2.44. The Labute approximate surface area is 178 Å². The Kier molecular flexibility index (Phi) is 5.49. The van der Waals surface area contributed by atoms with Gasteiger partial charge >= 0.3 is 6.03 Å². The lowest BCUT2D eigenvalue weighted by atomic mass is 10.1. The van der Waals surface area contributed by atoms with E-state index in [0.717, 1.165) is 22.4 Å². The highest BCUT2D eigenvalue weighted by atomic mass is 19.1. The predicted molar refractivity (Wildman–Crippen MR) is 115 cm³/mol. The number of nitrogens with zero attached hydrogens (tertiary/aromatic N) is 2. The number of urea groups is 1. The highest BCUT2D eigenvalue weighted by molar-refractivity contribution is 6.39. The monoisotopic (exact) mass is 417 g/mol. The molecular formula is C24H20FN3O3. The average molecular weight is 417 g/mol. The third kappa shape index (κ3) is 4.16. The van der Waals surface area contributed by atoms with E-state index in [2.05, 4.69) is 5.32 Å². The second-order valence-electron chi connectivity index (χ2n) is 7.17. The number of anilines is 1. The number of rotatable bonds is 5. The number of imide groups is 2.